The van der Waals surface area contributed by atoms with E-state index < -0.39 is 12.8 Å². The van der Waals surface area contributed by atoms with E-state index >= 15 is 0 Å². The lowest BCUT2D eigenvalue weighted by Crippen LogP contribution is -2.57. The molecule has 116 valence electrons. The standard InChI is InChI=1S/C13H17F3N4O/c1-9-10(20-6-12(7-20)2-3-17-5-12)4-18-11(19-9)21-8-13(14,15)16/h4,17H,2-3,5-8H2,1H3. The molecule has 3 heterocycles. The molecule has 0 aliphatic carbocycles. The quantitative estimate of drug-likeness (QED) is 0.917. The van der Waals surface area contributed by atoms with Crippen LogP contribution in [0.1, 0.15) is 12.1 Å². The minimum atomic E-state index is -4.38. The van der Waals surface area contributed by atoms with Crippen molar-refractivity contribution < 1.29 is 17.9 Å². The average Bonchev–Trinajstić information content (AvgIpc) is 2.84. The number of ether oxygens (including phenoxy) is 1. The van der Waals surface area contributed by atoms with Gasteiger partial charge in [-0.15, -0.1) is 0 Å². The molecule has 0 atom stereocenters. The maximum absolute atomic E-state index is 12.1. The molecule has 21 heavy (non-hydrogen) atoms. The molecule has 8 heteroatoms. The lowest BCUT2D eigenvalue weighted by Gasteiger charge is -2.49. The lowest BCUT2D eigenvalue weighted by atomic mass is 9.79. The van der Waals surface area contributed by atoms with Crippen LogP contribution in [0.3, 0.4) is 0 Å². The van der Waals surface area contributed by atoms with Gasteiger partial charge in [-0.2, -0.15) is 18.2 Å². The zero-order valence-corrected chi connectivity index (χ0v) is 11.7. The first-order chi connectivity index (χ1) is 9.87. The first-order valence-corrected chi connectivity index (χ1v) is 6.86. The molecular formula is C13H17F3N4O. The topological polar surface area (TPSA) is 50.3 Å². The predicted molar refractivity (Wildman–Crippen MR) is 70.5 cm³/mol. The molecule has 1 aromatic rings. The molecular weight excluding hydrogens is 285 g/mol. The number of alkyl halides is 3. The molecule has 2 fully saturated rings. The van der Waals surface area contributed by atoms with E-state index in [2.05, 4.69) is 24.9 Å². The van der Waals surface area contributed by atoms with E-state index in [9.17, 15) is 13.2 Å². The van der Waals surface area contributed by atoms with Gasteiger partial charge in [-0.25, -0.2) is 4.98 Å². The van der Waals surface area contributed by atoms with Crippen LogP contribution in [0.5, 0.6) is 6.01 Å². The Bertz CT molecular complexity index is 521. The summed E-state index contributed by atoms with van der Waals surface area (Å²) in [4.78, 5) is 10.0. The maximum atomic E-state index is 12.1. The molecule has 0 aromatic carbocycles. The second-order valence-corrected chi connectivity index (χ2v) is 5.81. The molecule has 1 aromatic heterocycles. The van der Waals surface area contributed by atoms with E-state index in [1.54, 1.807) is 13.1 Å². The Kier molecular flexibility index (Phi) is 3.43. The van der Waals surface area contributed by atoms with E-state index in [4.69, 9.17) is 0 Å². The Morgan fingerprint density at radius 1 is 1.43 bits per heavy atom. The Hall–Kier alpha value is -1.57. The summed E-state index contributed by atoms with van der Waals surface area (Å²) in [6, 6.07) is -0.230. The summed E-state index contributed by atoms with van der Waals surface area (Å²) in [6.45, 7) is 4.34. The zero-order chi connectivity index (χ0) is 15.1. The smallest absolute Gasteiger partial charge is 0.422 e. The van der Waals surface area contributed by atoms with Gasteiger partial charge in [0, 0.05) is 25.0 Å². The molecule has 2 aliphatic heterocycles. The fourth-order valence-electron chi connectivity index (χ4n) is 2.96. The summed E-state index contributed by atoms with van der Waals surface area (Å²) < 4.78 is 40.8. The number of nitrogens with one attached hydrogen (secondary N) is 1. The van der Waals surface area contributed by atoms with Crippen LogP contribution in [0.2, 0.25) is 0 Å². The third-order valence-electron chi connectivity index (χ3n) is 4.02. The van der Waals surface area contributed by atoms with Crippen molar-refractivity contribution in [2.45, 2.75) is 19.5 Å². The van der Waals surface area contributed by atoms with Crippen LogP contribution >= 0.6 is 0 Å². The highest BCUT2D eigenvalue weighted by atomic mass is 19.4. The maximum Gasteiger partial charge on any atom is 0.422 e. The number of hydrogen-bond donors (Lipinski definition) is 1. The van der Waals surface area contributed by atoms with Crippen molar-refractivity contribution in [1.29, 1.82) is 0 Å². The fraction of sp³-hybridized carbons (Fsp3) is 0.692. The summed E-state index contributed by atoms with van der Waals surface area (Å²) in [5.41, 5.74) is 1.85. The van der Waals surface area contributed by atoms with Crippen LogP contribution in [0.25, 0.3) is 0 Å². The Morgan fingerprint density at radius 3 is 2.76 bits per heavy atom. The normalized spacial score (nSPS) is 20.7. The number of rotatable bonds is 3. The SMILES string of the molecule is Cc1nc(OCC(F)(F)F)ncc1N1CC2(CCNC2)C1. The van der Waals surface area contributed by atoms with Crippen molar-refractivity contribution in [3.05, 3.63) is 11.9 Å². The molecule has 0 saturated carbocycles. The molecule has 0 amide bonds. The number of halogens is 3. The monoisotopic (exact) mass is 302 g/mol. The molecule has 3 rings (SSSR count). The minimum Gasteiger partial charge on any atom is -0.454 e. The number of aryl methyl sites for hydroxylation is 1. The summed E-state index contributed by atoms with van der Waals surface area (Å²) >= 11 is 0. The van der Waals surface area contributed by atoms with Crippen LogP contribution in [-0.2, 0) is 0 Å². The molecule has 1 spiro atoms. The van der Waals surface area contributed by atoms with Crippen LogP contribution in [0.4, 0.5) is 18.9 Å². The predicted octanol–water partition coefficient (Wildman–Crippen LogP) is 1.53. The molecule has 1 N–H and O–H groups in total. The molecule has 0 radical (unpaired) electrons. The highest BCUT2D eigenvalue weighted by Crippen LogP contribution is 2.39. The summed E-state index contributed by atoms with van der Waals surface area (Å²) in [5, 5.41) is 3.36. The van der Waals surface area contributed by atoms with Crippen LogP contribution in [0, 0.1) is 12.3 Å². The molecule has 5 nitrogen and oxygen atoms in total. The number of anilines is 1. The van der Waals surface area contributed by atoms with Crippen LogP contribution < -0.4 is 15.0 Å². The van der Waals surface area contributed by atoms with Crippen molar-refractivity contribution in [2.24, 2.45) is 5.41 Å². The summed E-state index contributed by atoms with van der Waals surface area (Å²) in [6.07, 6.45) is -1.67. The zero-order valence-electron chi connectivity index (χ0n) is 11.7. The first-order valence-electron chi connectivity index (χ1n) is 6.86. The highest BCUT2D eigenvalue weighted by molar-refractivity contribution is 5.52. The van der Waals surface area contributed by atoms with Gasteiger partial charge in [0.2, 0.25) is 0 Å². The van der Waals surface area contributed by atoms with Crippen LogP contribution in [0.15, 0.2) is 6.20 Å². The van der Waals surface area contributed by atoms with Crippen LogP contribution in [-0.4, -0.2) is 48.9 Å². The Balaban J connectivity index is 1.63. The Morgan fingerprint density at radius 2 is 2.19 bits per heavy atom. The first kappa shape index (κ1) is 14.4. The van der Waals surface area contributed by atoms with Crippen molar-refractivity contribution >= 4 is 5.69 Å². The van der Waals surface area contributed by atoms with Crippen molar-refractivity contribution in [1.82, 2.24) is 15.3 Å². The second kappa shape index (κ2) is 5.01. The summed E-state index contributed by atoms with van der Waals surface area (Å²) in [7, 11) is 0. The van der Waals surface area contributed by atoms with Crippen molar-refractivity contribution in [3.63, 3.8) is 0 Å². The minimum absolute atomic E-state index is 0.230. The largest absolute Gasteiger partial charge is 0.454 e. The van der Waals surface area contributed by atoms with Crippen molar-refractivity contribution in [3.8, 4) is 6.01 Å². The van der Waals surface area contributed by atoms with E-state index in [1.807, 2.05) is 0 Å². The van der Waals surface area contributed by atoms with Gasteiger partial charge in [0.15, 0.2) is 6.61 Å². The lowest BCUT2D eigenvalue weighted by molar-refractivity contribution is -0.154. The third kappa shape index (κ3) is 3.04. The molecule has 0 unspecified atom stereocenters. The van der Waals surface area contributed by atoms with Gasteiger partial charge in [0.1, 0.15) is 0 Å². The van der Waals surface area contributed by atoms with Gasteiger partial charge < -0.3 is 15.0 Å². The van der Waals surface area contributed by atoms with Gasteiger partial charge in [0.05, 0.1) is 17.6 Å². The number of nitrogens with zero attached hydrogens (tertiary/aromatic N) is 3. The number of hydrogen-bond acceptors (Lipinski definition) is 5. The second-order valence-electron chi connectivity index (χ2n) is 5.81. The fourth-order valence-corrected chi connectivity index (χ4v) is 2.96. The van der Waals surface area contributed by atoms with E-state index in [-0.39, 0.29) is 6.01 Å². The highest BCUT2D eigenvalue weighted by Gasteiger charge is 2.45. The Labute approximate surface area is 120 Å². The van der Waals surface area contributed by atoms with Gasteiger partial charge in [0.25, 0.3) is 0 Å². The molecule has 2 aliphatic rings. The summed E-state index contributed by atoms with van der Waals surface area (Å²) in [5.74, 6) is 0. The average molecular weight is 302 g/mol. The molecule has 0 bridgehead atoms. The van der Waals surface area contributed by atoms with E-state index in [0.717, 1.165) is 38.3 Å². The third-order valence-corrected chi connectivity index (χ3v) is 4.02. The van der Waals surface area contributed by atoms with E-state index in [0.29, 0.717) is 11.1 Å². The van der Waals surface area contributed by atoms with Gasteiger partial charge >= 0.3 is 12.2 Å². The van der Waals surface area contributed by atoms with Gasteiger partial charge in [-0.05, 0) is 19.9 Å². The number of aromatic nitrogens is 2. The van der Waals surface area contributed by atoms with E-state index in [1.165, 1.54) is 0 Å². The van der Waals surface area contributed by atoms with Gasteiger partial charge in [-0.3, -0.25) is 0 Å². The molecule has 2 saturated heterocycles. The van der Waals surface area contributed by atoms with Gasteiger partial charge in [-0.1, -0.05) is 0 Å². The van der Waals surface area contributed by atoms with Crippen molar-refractivity contribution in [2.75, 3.05) is 37.7 Å².